The van der Waals surface area contributed by atoms with E-state index in [1.54, 1.807) is 12.4 Å². The highest BCUT2D eigenvalue weighted by molar-refractivity contribution is 6.29. The van der Waals surface area contributed by atoms with Gasteiger partial charge in [-0.3, -0.25) is 4.98 Å². The minimum Gasteiger partial charge on any atom is -0.476 e. The molecule has 4 aromatic carbocycles. The molecule has 4 aliphatic rings. The number of aromatic nitrogens is 8. The Morgan fingerprint density at radius 3 is 1.04 bits per heavy atom. The third kappa shape index (κ3) is 18.6. The lowest BCUT2D eigenvalue weighted by molar-refractivity contribution is 0.0584. The van der Waals surface area contributed by atoms with Crippen LogP contribution in [0, 0.1) is 0 Å². The van der Waals surface area contributed by atoms with E-state index in [4.69, 9.17) is 27.2 Å². The second-order valence-corrected chi connectivity index (χ2v) is 33.2. The maximum Gasteiger partial charge on any atom is 0.358 e. The smallest absolute Gasteiger partial charge is 0.358 e. The second-order valence-electron chi connectivity index (χ2n) is 32.8. The Kier molecular flexibility index (Phi) is 24.8. The number of nitrogens with zero attached hydrogens (tertiary/aromatic N) is 10. The van der Waals surface area contributed by atoms with E-state index in [2.05, 4.69) is 251 Å². The molecule has 0 bridgehead atoms. The Bertz CT molecular complexity index is 4360. The standard InChI is InChI=1S/C22H29N3O2.C21H27N3O2.C21H26N2O2.C14H21N.C6H5ClN2O2/c1-7-25(19-14-23-18(13-24-19)20(26)27-6)15-8-9-16-17(12-15)22(4,5)11-10-21(16,2)3;1-6-24(18-13-22-17(12-23-18)19(25)26)14-7-8-15-16(11-14)21(4,5)10-9-20(15,2)3;1-20(2)8-9-21(3,4)17-11-14(6-7-16(17)20)10-15-12-23-18(13-22-15)19(24)25-5;1-13(2)7-8-14(3,4)12-9-10(15)5-6-11(12)13;1-11-6(10)4-2-9-5(7)3-8-4/h8-9,12-14H,7,10-11H2,1-6H3;7-8,11-13H,6,9-10H2,1-5H3,(H,25,26);6-7,11-13H,8-10H2,1-5H3;5-6,9H,7-8,15H2,1-4H3;2-3H,1H3. The molecule has 554 valence electrons. The summed E-state index contributed by atoms with van der Waals surface area (Å²) >= 11 is 5.43. The summed E-state index contributed by atoms with van der Waals surface area (Å²) in [6.07, 6.45) is 22.0. The number of benzene rings is 4. The van der Waals surface area contributed by atoms with Gasteiger partial charge < -0.3 is 34.9 Å². The van der Waals surface area contributed by atoms with Gasteiger partial charge in [0.1, 0.15) is 5.15 Å². The third-order valence-electron chi connectivity index (χ3n) is 21.7. The van der Waals surface area contributed by atoms with Gasteiger partial charge in [0.2, 0.25) is 0 Å². The first-order valence-corrected chi connectivity index (χ1v) is 36.3. The summed E-state index contributed by atoms with van der Waals surface area (Å²) < 4.78 is 13.7. The van der Waals surface area contributed by atoms with Crippen molar-refractivity contribution in [1.82, 2.24) is 39.9 Å². The molecule has 4 aliphatic carbocycles. The Morgan fingerprint density at radius 1 is 0.394 bits per heavy atom. The first-order chi connectivity index (χ1) is 48.6. The molecule has 0 spiro atoms. The number of hydrogen-bond donors (Lipinski definition) is 2. The molecule has 3 N–H and O–H groups in total. The lowest BCUT2D eigenvalue weighted by Gasteiger charge is -2.42. The van der Waals surface area contributed by atoms with Gasteiger partial charge in [0.25, 0.3) is 0 Å². The zero-order valence-electron chi connectivity index (χ0n) is 65.1. The number of carbonyl (C=O) groups excluding carboxylic acids is 3. The van der Waals surface area contributed by atoms with Gasteiger partial charge >= 0.3 is 23.9 Å². The van der Waals surface area contributed by atoms with Gasteiger partial charge in [-0.05, 0) is 195 Å². The van der Waals surface area contributed by atoms with E-state index >= 15 is 0 Å². The summed E-state index contributed by atoms with van der Waals surface area (Å²) in [5.41, 5.74) is 24.7. The maximum absolute atomic E-state index is 11.6. The summed E-state index contributed by atoms with van der Waals surface area (Å²) in [6, 6.07) is 26.6. The fourth-order valence-corrected chi connectivity index (χ4v) is 14.5. The molecule has 0 fully saturated rings. The van der Waals surface area contributed by atoms with E-state index < -0.39 is 23.9 Å². The van der Waals surface area contributed by atoms with Crippen molar-refractivity contribution in [3.8, 4) is 0 Å². The van der Waals surface area contributed by atoms with Gasteiger partial charge in [0.15, 0.2) is 34.4 Å². The minimum atomic E-state index is -1.06. The van der Waals surface area contributed by atoms with E-state index in [0.29, 0.717) is 17.7 Å². The fraction of sp³-hybridized carbons (Fsp3) is 0.476. The van der Waals surface area contributed by atoms with Crippen LogP contribution >= 0.6 is 11.6 Å². The van der Waals surface area contributed by atoms with Gasteiger partial charge in [0, 0.05) is 42.8 Å². The zero-order valence-corrected chi connectivity index (χ0v) is 65.8. The van der Waals surface area contributed by atoms with Crippen LogP contribution in [0.2, 0.25) is 5.15 Å². The number of rotatable bonds is 12. The molecule has 0 amide bonds. The van der Waals surface area contributed by atoms with E-state index in [1.807, 2.05) is 6.07 Å². The summed E-state index contributed by atoms with van der Waals surface area (Å²) in [6.45, 7) is 42.8. The van der Waals surface area contributed by atoms with Crippen LogP contribution in [0.15, 0.2) is 122 Å². The molecular weight excluding hydrogens is 1330 g/mol. The first-order valence-electron chi connectivity index (χ1n) is 35.9. The van der Waals surface area contributed by atoms with Crippen molar-refractivity contribution in [2.75, 3.05) is 50.0 Å². The summed E-state index contributed by atoms with van der Waals surface area (Å²) in [4.78, 5) is 81.8. The van der Waals surface area contributed by atoms with E-state index in [-0.39, 0.29) is 65.8 Å². The molecule has 0 atom stereocenters. The number of methoxy groups -OCH3 is 3. The fourth-order valence-electron chi connectivity index (χ4n) is 14.4. The predicted octanol–water partition coefficient (Wildman–Crippen LogP) is 18.2. The predicted molar refractivity (Wildman–Crippen MR) is 414 cm³/mol. The van der Waals surface area contributed by atoms with Crippen LogP contribution in [0.4, 0.5) is 28.7 Å². The van der Waals surface area contributed by atoms with Crippen LogP contribution in [0.1, 0.15) is 274 Å². The van der Waals surface area contributed by atoms with Crippen molar-refractivity contribution < 1.29 is 38.5 Å². The molecule has 0 aliphatic heterocycles. The molecule has 0 radical (unpaired) electrons. The molecule has 0 saturated carbocycles. The average molecular weight is 1440 g/mol. The normalized spacial score (nSPS) is 17.2. The molecule has 19 nitrogen and oxygen atoms in total. The van der Waals surface area contributed by atoms with E-state index in [0.717, 1.165) is 48.1 Å². The van der Waals surface area contributed by atoms with Gasteiger partial charge in [-0.2, -0.15) is 0 Å². The maximum atomic E-state index is 11.6. The van der Waals surface area contributed by atoms with Crippen molar-refractivity contribution >= 4 is 64.2 Å². The number of carboxylic acid groups (broad SMARTS) is 1. The van der Waals surface area contributed by atoms with Crippen molar-refractivity contribution in [2.24, 2.45) is 0 Å². The highest BCUT2D eigenvalue weighted by Crippen LogP contribution is 2.51. The average Bonchev–Trinajstić information content (AvgIpc) is 0.775. The van der Waals surface area contributed by atoms with Gasteiger partial charge in [-0.15, -0.1) is 0 Å². The van der Waals surface area contributed by atoms with Crippen molar-refractivity contribution in [1.29, 1.82) is 0 Å². The highest BCUT2D eigenvalue weighted by atomic mass is 35.5. The Balaban J connectivity index is 0.000000170. The van der Waals surface area contributed by atoms with Crippen LogP contribution < -0.4 is 15.5 Å². The number of nitrogen functional groups attached to an aromatic ring is 1. The Hall–Kier alpha value is -9.23. The minimum absolute atomic E-state index is 0.0434. The van der Waals surface area contributed by atoms with Gasteiger partial charge in [-0.1, -0.05) is 159 Å². The number of hydrogen-bond acceptors (Lipinski definition) is 18. The summed E-state index contributed by atoms with van der Waals surface area (Å²) in [7, 11) is 3.96. The molecule has 12 rings (SSSR count). The van der Waals surface area contributed by atoms with Crippen LogP contribution in [-0.2, 0) is 64.0 Å². The highest BCUT2D eigenvalue weighted by Gasteiger charge is 2.41. The number of carboxylic acids is 1. The molecule has 0 unspecified atom stereocenters. The number of fused-ring (bicyclic) bond motifs is 4. The molecular formula is C84H108ClN11O8. The van der Waals surface area contributed by atoms with Crippen LogP contribution in [0.5, 0.6) is 0 Å². The largest absolute Gasteiger partial charge is 0.476 e. The number of anilines is 5. The van der Waals surface area contributed by atoms with E-state index in [9.17, 15) is 19.2 Å². The van der Waals surface area contributed by atoms with Crippen LogP contribution in [0.3, 0.4) is 0 Å². The van der Waals surface area contributed by atoms with Crippen LogP contribution in [0.25, 0.3) is 0 Å². The summed E-state index contributed by atoms with van der Waals surface area (Å²) in [5, 5.41) is 9.26. The third-order valence-corrected chi connectivity index (χ3v) is 21.9. The molecule has 20 heteroatoms. The zero-order chi connectivity index (χ0) is 76.7. The molecule has 8 aromatic rings. The van der Waals surface area contributed by atoms with E-state index in [1.165, 1.54) is 154 Å². The molecule has 0 saturated heterocycles. The number of esters is 3. The molecule has 104 heavy (non-hydrogen) atoms. The molecule has 4 heterocycles. The number of ether oxygens (including phenoxy) is 3. The van der Waals surface area contributed by atoms with Crippen molar-refractivity contribution in [3.63, 3.8) is 0 Å². The topological polar surface area (TPSA) is 252 Å². The van der Waals surface area contributed by atoms with Crippen molar-refractivity contribution in [2.45, 2.75) is 226 Å². The Labute approximate surface area is 621 Å². The van der Waals surface area contributed by atoms with Gasteiger partial charge in [-0.25, -0.2) is 54.1 Å². The number of carbonyl (C=O) groups is 4. The number of halogens is 1. The van der Waals surface area contributed by atoms with Crippen molar-refractivity contribution in [3.05, 3.63) is 206 Å². The second kappa shape index (κ2) is 32.0. The van der Waals surface area contributed by atoms with Crippen LogP contribution in [-0.4, -0.2) is 103 Å². The lowest BCUT2D eigenvalue weighted by atomic mass is 9.63. The first kappa shape index (κ1) is 80.5. The SMILES string of the molecule is CC1(C)CCC(C)(C)c2cc(N)ccc21.CCN(c1ccc2c(c1)C(C)(C)CCC2(C)C)c1cnc(C(=O)O)cn1.CCN(c1ccc2c(c1)C(C)(C)CCC2(C)C)c1cnc(C(=O)OC)cn1.COC(=O)c1cnc(Cc2ccc3c(c2)C(C)(C)CCC3(C)C)cn1.COC(=O)c1cnc(Cl)cn1. The molecule has 4 aromatic heterocycles. The quantitative estimate of drug-likeness (QED) is 0.0655. The van der Waals surface area contributed by atoms with Gasteiger partial charge in [0.05, 0.1) is 70.4 Å². The Morgan fingerprint density at radius 2 is 0.712 bits per heavy atom. The summed E-state index contributed by atoms with van der Waals surface area (Å²) in [5.74, 6) is -1.14. The number of aromatic carboxylic acids is 1. The monoisotopic (exact) mass is 1430 g/mol. The number of nitrogens with two attached hydrogens (primary N) is 1. The lowest BCUT2D eigenvalue weighted by Crippen LogP contribution is -2.34.